The molecular weight excluding hydrogens is 348 g/mol. The lowest BCUT2D eigenvalue weighted by molar-refractivity contribution is 0.00865. The maximum atomic E-state index is 11.6. The number of piperidine rings is 1. The van der Waals surface area contributed by atoms with Gasteiger partial charge in [-0.2, -0.15) is 0 Å². The fraction of sp³-hybridized carbons (Fsp3) is 0.292. The Labute approximate surface area is 167 Å². The van der Waals surface area contributed by atoms with Crippen molar-refractivity contribution in [2.24, 2.45) is 0 Å². The van der Waals surface area contributed by atoms with E-state index in [0.29, 0.717) is 12.8 Å². The van der Waals surface area contributed by atoms with E-state index in [1.54, 1.807) is 7.05 Å². The van der Waals surface area contributed by atoms with E-state index >= 15 is 0 Å². The number of benzene rings is 2. The van der Waals surface area contributed by atoms with Gasteiger partial charge in [0.2, 0.25) is 0 Å². The summed E-state index contributed by atoms with van der Waals surface area (Å²) in [5.41, 5.74) is 2.82. The van der Waals surface area contributed by atoms with E-state index in [1.807, 2.05) is 12.1 Å². The summed E-state index contributed by atoms with van der Waals surface area (Å²) in [7, 11) is 1.54. The summed E-state index contributed by atoms with van der Waals surface area (Å²) in [4.78, 5) is 13.9. The van der Waals surface area contributed by atoms with Crippen LogP contribution in [0.5, 0.6) is 0 Å². The van der Waals surface area contributed by atoms with Crippen LogP contribution < -0.4 is 5.32 Å². The summed E-state index contributed by atoms with van der Waals surface area (Å²) in [6.45, 7) is 2.39. The number of likely N-dealkylation sites (tertiary alicyclic amines) is 1. The highest BCUT2D eigenvalue weighted by molar-refractivity contribution is 5.79. The van der Waals surface area contributed by atoms with Gasteiger partial charge in [-0.3, -0.25) is 4.90 Å². The quantitative estimate of drug-likeness (QED) is 0.806. The third kappa shape index (κ3) is 4.82. The maximum absolute atomic E-state index is 11.6. The molecule has 0 saturated carbocycles. The highest BCUT2D eigenvalue weighted by atomic mass is 16.6. The zero-order chi connectivity index (χ0) is 19.8. The number of hydrogen-bond acceptors (Lipinski definition) is 3. The number of hydrogen-bond donors (Lipinski definition) is 1. The molecule has 0 aliphatic carbocycles. The van der Waals surface area contributed by atoms with E-state index in [9.17, 15) is 4.79 Å². The van der Waals surface area contributed by atoms with Crippen LogP contribution >= 0.6 is 0 Å². The number of rotatable bonds is 5. The van der Waals surface area contributed by atoms with Crippen molar-refractivity contribution < 1.29 is 9.53 Å². The van der Waals surface area contributed by atoms with Crippen molar-refractivity contribution >= 4 is 11.7 Å². The van der Waals surface area contributed by atoms with Gasteiger partial charge < -0.3 is 10.1 Å². The molecule has 144 valence electrons. The van der Waals surface area contributed by atoms with Crippen molar-refractivity contribution in [1.82, 2.24) is 10.2 Å². The Morgan fingerprint density at radius 2 is 1.64 bits per heavy atom. The van der Waals surface area contributed by atoms with E-state index in [2.05, 4.69) is 70.7 Å². The molecule has 2 aromatic rings. The van der Waals surface area contributed by atoms with Gasteiger partial charge in [0, 0.05) is 39.5 Å². The Morgan fingerprint density at radius 3 is 2.11 bits per heavy atom. The number of alkyl carbamates (subject to hydrolysis) is 1. The van der Waals surface area contributed by atoms with Crippen LogP contribution in [0.2, 0.25) is 0 Å². The number of terminal acetylenes is 1. The van der Waals surface area contributed by atoms with Gasteiger partial charge in [0.05, 0.1) is 0 Å². The molecule has 1 heterocycles. The van der Waals surface area contributed by atoms with Crippen LogP contribution in [0.1, 0.15) is 24.0 Å². The largest absolute Gasteiger partial charge is 0.430 e. The Bertz CT molecular complexity index is 804. The monoisotopic (exact) mass is 374 g/mol. The van der Waals surface area contributed by atoms with Gasteiger partial charge in [-0.15, -0.1) is 6.42 Å². The minimum atomic E-state index is -0.804. The number of amides is 1. The lowest BCUT2D eigenvalue weighted by Crippen LogP contribution is -2.47. The van der Waals surface area contributed by atoms with Crippen molar-refractivity contribution in [3.8, 4) is 12.3 Å². The second kappa shape index (κ2) is 9.25. The van der Waals surface area contributed by atoms with Crippen LogP contribution in [-0.2, 0) is 4.74 Å². The van der Waals surface area contributed by atoms with Gasteiger partial charge in [0.15, 0.2) is 5.60 Å². The second-order valence-corrected chi connectivity index (χ2v) is 6.93. The topological polar surface area (TPSA) is 41.6 Å². The first-order chi connectivity index (χ1) is 13.7. The molecule has 1 aliphatic heterocycles. The lowest BCUT2D eigenvalue weighted by Gasteiger charge is -2.37. The number of nitrogens with zero attached hydrogens (tertiary/aromatic N) is 1. The van der Waals surface area contributed by atoms with E-state index in [1.165, 1.54) is 16.7 Å². The molecule has 1 saturated heterocycles. The predicted octanol–water partition coefficient (Wildman–Crippen LogP) is 3.94. The van der Waals surface area contributed by atoms with Crippen LogP contribution in [0.3, 0.4) is 0 Å². The van der Waals surface area contributed by atoms with Gasteiger partial charge in [-0.05, 0) is 16.7 Å². The van der Waals surface area contributed by atoms with Gasteiger partial charge in [-0.1, -0.05) is 72.7 Å². The van der Waals surface area contributed by atoms with E-state index < -0.39 is 11.7 Å². The summed E-state index contributed by atoms with van der Waals surface area (Å²) in [5, 5.41) is 2.48. The molecule has 28 heavy (non-hydrogen) atoms. The number of carbonyl (C=O) groups excluding carboxylic acids is 1. The van der Waals surface area contributed by atoms with Gasteiger partial charge in [-0.25, -0.2) is 4.79 Å². The molecule has 0 spiro atoms. The van der Waals surface area contributed by atoms with Crippen molar-refractivity contribution in [3.63, 3.8) is 0 Å². The third-order valence-corrected chi connectivity index (χ3v) is 5.14. The Kier molecular flexibility index (Phi) is 6.52. The minimum absolute atomic E-state index is 0.471. The van der Waals surface area contributed by atoms with Crippen LogP contribution in [-0.4, -0.2) is 43.3 Å². The standard InChI is InChI=1S/C24H26N2O2/c1-3-24(28-23(27)25-2)15-18-26(19-16-24)17-14-22(20-10-6-4-7-11-20)21-12-8-5-9-13-21/h1,4-14H,15-19H2,2H3,(H,25,27). The molecule has 0 unspecified atom stereocenters. The van der Waals surface area contributed by atoms with Gasteiger partial charge in [0.1, 0.15) is 0 Å². The Hall–Kier alpha value is -3.03. The second-order valence-electron chi connectivity index (χ2n) is 6.93. The fourth-order valence-electron chi connectivity index (χ4n) is 3.46. The molecule has 0 bridgehead atoms. The molecule has 0 radical (unpaired) electrons. The number of nitrogens with one attached hydrogen (secondary N) is 1. The molecule has 4 heteroatoms. The first-order valence-corrected chi connectivity index (χ1v) is 9.58. The third-order valence-electron chi connectivity index (χ3n) is 5.14. The van der Waals surface area contributed by atoms with Crippen LogP contribution in [0.15, 0.2) is 66.7 Å². The molecular formula is C24H26N2O2. The summed E-state index contributed by atoms with van der Waals surface area (Å²) >= 11 is 0. The first-order valence-electron chi connectivity index (χ1n) is 9.58. The smallest absolute Gasteiger partial charge is 0.408 e. The maximum Gasteiger partial charge on any atom is 0.408 e. The Balaban J connectivity index is 1.71. The molecule has 1 fully saturated rings. The van der Waals surface area contributed by atoms with Crippen LogP contribution in [0.4, 0.5) is 4.79 Å². The first kappa shape index (κ1) is 19.7. The van der Waals surface area contributed by atoms with E-state index in [0.717, 1.165) is 19.6 Å². The molecule has 0 atom stereocenters. The summed E-state index contributed by atoms with van der Waals surface area (Å²) in [6, 6.07) is 20.8. The van der Waals surface area contributed by atoms with Crippen LogP contribution in [0, 0.1) is 12.3 Å². The van der Waals surface area contributed by atoms with Crippen molar-refractivity contribution in [2.45, 2.75) is 18.4 Å². The highest BCUT2D eigenvalue weighted by Gasteiger charge is 2.36. The number of carbonyl (C=O) groups is 1. The zero-order valence-corrected chi connectivity index (χ0v) is 16.2. The summed E-state index contributed by atoms with van der Waals surface area (Å²) in [6.07, 6.45) is 8.75. The number of ether oxygens (including phenoxy) is 1. The fourth-order valence-corrected chi connectivity index (χ4v) is 3.46. The Morgan fingerprint density at radius 1 is 1.11 bits per heavy atom. The highest BCUT2D eigenvalue weighted by Crippen LogP contribution is 2.27. The van der Waals surface area contributed by atoms with Crippen molar-refractivity contribution in [2.75, 3.05) is 26.7 Å². The predicted molar refractivity (Wildman–Crippen MR) is 113 cm³/mol. The minimum Gasteiger partial charge on any atom is -0.430 e. The average Bonchev–Trinajstić information content (AvgIpc) is 2.76. The SMILES string of the molecule is C#CC1(OC(=O)NC)CCN(CC=C(c2ccccc2)c2ccccc2)CC1. The normalized spacial score (nSPS) is 15.9. The zero-order valence-electron chi connectivity index (χ0n) is 16.2. The molecule has 1 aliphatic rings. The summed E-state index contributed by atoms with van der Waals surface area (Å²) < 4.78 is 5.46. The molecule has 1 amide bonds. The molecule has 4 nitrogen and oxygen atoms in total. The average molecular weight is 374 g/mol. The molecule has 3 rings (SSSR count). The van der Waals surface area contributed by atoms with E-state index in [4.69, 9.17) is 11.2 Å². The molecule has 1 N–H and O–H groups in total. The molecule has 2 aromatic carbocycles. The molecule has 0 aromatic heterocycles. The van der Waals surface area contributed by atoms with Crippen molar-refractivity contribution in [1.29, 1.82) is 0 Å². The summed E-state index contributed by atoms with van der Waals surface area (Å²) in [5.74, 6) is 2.69. The van der Waals surface area contributed by atoms with Gasteiger partial charge in [0.25, 0.3) is 0 Å². The van der Waals surface area contributed by atoms with Crippen LogP contribution in [0.25, 0.3) is 5.57 Å². The lowest BCUT2D eigenvalue weighted by atomic mass is 9.91. The van der Waals surface area contributed by atoms with E-state index in [-0.39, 0.29) is 0 Å². The van der Waals surface area contributed by atoms with Crippen molar-refractivity contribution in [3.05, 3.63) is 77.9 Å². The van der Waals surface area contributed by atoms with Gasteiger partial charge >= 0.3 is 6.09 Å².